The number of nitrogens with zero attached hydrogens (tertiary/aromatic N) is 1. The van der Waals surface area contributed by atoms with Crippen LogP contribution >= 0.6 is 11.6 Å². The second-order valence-corrected chi connectivity index (χ2v) is 10.6. The third kappa shape index (κ3) is 5.29. The average molecular weight is 443 g/mol. The minimum absolute atomic E-state index is 0.0228. The molecule has 4 unspecified atom stereocenters. The first-order valence-corrected chi connectivity index (χ1v) is 11.7. The Bertz CT molecular complexity index is 858. The van der Waals surface area contributed by atoms with Crippen molar-refractivity contribution in [1.82, 2.24) is 9.62 Å². The predicted molar refractivity (Wildman–Crippen MR) is 109 cm³/mol. The lowest BCUT2D eigenvalue weighted by Crippen LogP contribution is -2.42. The van der Waals surface area contributed by atoms with E-state index in [1.807, 2.05) is 6.92 Å². The highest BCUT2D eigenvalue weighted by Gasteiger charge is 2.42. The summed E-state index contributed by atoms with van der Waals surface area (Å²) in [7, 11) is -2.57. The summed E-state index contributed by atoms with van der Waals surface area (Å²) < 4.78 is 30.8. The summed E-state index contributed by atoms with van der Waals surface area (Å²) in [5, 5.41) is 3.33. The van der Waals surface area contributed by atoms with Crippen molar-refractivity contribution in [2.45, 2.75) is 43.5 Å². The molecule has 1 N–H and O–H groups in total. The molecule has 160 valence electrons. The highest BCUT2D eigenvalue weighted by molar-refractivity contribution is 7.89. The summed E-state index contributed by atoms with van der Waals surface area (Å²) in [6, 6.07) is 5.70. The van der Waals surface area contributed by atoms with Gasteiger partial charge in [0.25, 0.3) is 5.91 Å². The number of benzene rings is 1. The maximum absolute atomic E-state index is 12.5. The number of nitrogens with one attached hydrogen (secondary N) is 1. The van der Waals surface area contributed by atoms with Gasteiger partial charge >= 0.3 is 5.97 Å². The Labute approximate surface area is 176 Å². The zero-order valence-corrected chi connectivity index (χ0v) is 18.2. The predicted octanol–water partition coefficient (Wildman–Crippen LogP) is 2.44. The van der Waals surface area contributed by atoms with Crippen molar-refractivity contribution in [1.29, 1.82) is 0 Å². The van der Waals surface area contributed by atoms with Crippen LogP contribution in [-0.2, 0) is 24.3 Å². The van der Waals surface area contributed by atoms with Crippen molar-refractivity contribution in [3.63, 3.8) is 0 Å². The Kier molecular flexibility index (Phi) is 6.86. The number of hydrogen-bond acceptors (Lipinski definition) is 5. The second-order valence-electron chi connectivity index (χ2n) is 8.07. The minimum atomic E-state index is -3.85. The van der Waals surface area contributed by atoms with Gasteiger partial charge in [-0.1, -0.05) is 18.0 Å². The van der Waals surface area contributed by atoms with Gasteiger partial charge in [-0.05, 0) is 68.2 Å². The van der Waals surface area contributed by atoms with Crippen LogP contribution in [0.4, 0.5) is 0 Å². The lowest BCUT2D eigenvalue weighted by molar-refractivity contribution is -0.148. The summed E-state index contributed by atoms with van der Waals surface area (Å²) in [4.78, 5) is 24.2. The molecule has 0 saturated heterocycles. The summed E-state index contributed by atoms with van der Waals surface area (Å²) in [5.74, 6) is 0.818. The van der Waals surface area contributed by atoms with Crippen LogP contribution in [0.2, 0.25) is 5.02 Å². The highest BCUT2D eigenvalue weighted by Crippen LogP contribution is 2.49. The molecule has 2 aliphatic rings. The van der Waals surface area contributed by atoms with Crippen molar-refractivity contribution in [2.75, 3.05) is 20.2 Å². The number of rotatable bonds is 8. The van der Waals surface area contributed by atoms with Crippen molar-refractivity contribution >= 4 is 33.5 Å². The molecule has 2 fully saturated rings. The standard InChI is InChI=1S/C20H27ClN2O5S/c1-13(18-10-14-3-4-15(18)9-14)22-19(24)12-28-20(25)11-23(2)29(26,27)17-7-5-16(21)6-8-17/h5-8,13-15,18H,3-4,9-12H2,1-2H3,(H,22,24). The number of sulfonamides is 1. The molecule has 2 bridgehead atoms. The Morgan fingerprint density at radius 2 is 1.93 bits per heavy atom. The van der Waals surface area contributed by atoms with Crippen LogP contribution in [0.25, 0.3) is 0 Å². The van der Waals surface area contributed by atoms with Gasteiger partial charge in [-0.25, -0.2) is 8.42 Å². The summed E-state index contributed by atoms with van der Waals surface area (Å²) >= 11 is 5.77. The molecule has 1 aromatic carbocycles. The van der Waals surface area contributed by atoms with E-state index in [9.17, 15) is 18.0 Å². The van der Waals surface area contributed by atoms with Crippen LogP contribution in [0.5, 0.6) is 0 Å². The number of carbonyl (C=O) groups is 2. The number of hydrogen-bond donors (Lipinski definition) is 1. The van der Waals surface area contributed by atoms with Crippen LogP contribution < -0.4 is 5.32 Å². The lowest BCUT2D eigenvalue weighted by atomic mass is 9.84. The topological polar surface area (TPSA) is 92.8 Å². The largest absolute Gasteiger partial charge is 0.455 e. The third-order valence-corrected chi connectivity index (χ3v) is 8.13. The Hall–Kier alpha value is -1.64. The molecule has 2 saturated carbocycles. The Morgan fingerprint density at radius 1 is 1.24 bits per heavy atom. The summed E-state index contributed by atoms with van der Waals surface area (Å²) in [6.07, 6.45) is 4.94. The molecule has 0 spiro atoms. The molecule has 0 aromatic heterocycles. The van der Waals surface area contributed by atoms with E-state index in [2.05, 4.69) is 5.32 Å². The van der Waals surface area contributed by atoms with Gasteiger partial charge in [-0.3, -0.25) is 9.59 Å². The maximum atomic E-state index is 12.5. The van der Waals surface area contributed by atoms with Crippen LogP contribution in [0, 0.1) is 17.8 Å². The number of carbonyl (C=O) groups excluding carboxylic acids is 2. The summed E-state index contributed by atoms with van der Waals surface area (Å²) in [5.41, 5.74) is 0. The van der Waals surface area contributed by atoms with Crippen LogP contribution in [-0.4, -0.2) is 50.8 Å². The first-order chi connectivity index (χ1) is 13.7. The molecular formula is C20H27ClN2O5S. The Morgan fingerprint density at radius 3 is 2.52 bits per heavy atom. The normalized spacial score (nSPS) is 24.5. The molecule has 7 nitrogen and oxygen atoms in total. The quantitative estimate of drug-likeness (QED) is 0.624. The van der Waals surface area contributed by atoms with Crippen LogP contribution in [0.15, 0.2) is 29.2 Å². The van der Waals surface area contributed by atoms with E-state index in [4.69, 9.17) is 16.3 Å². The average Bonchev–Trinajstić information content (AvgIpc) is 3.30. The number of amides is 1. The molecule has 1 amide bonds. The smallest absolute Gasteiger partial charge is 0.321 e. The highest BCUT2D eigenvalue weighted by atomic mass is 35.5. The molecule has 2 aliphatic carbocycles. The Balaban J connectivity index is 1.44. The van der Waals surface area contributed by atoms with Gasteiger partial charge in [-0.15, -0.1) is 0 Å². The molecule has 29 heavy (non-hydrogen) atoms. The minimum Gasteiger partial charge on any atom is -0.455 e. The fraction of sp³-hybridized carbons (Fsp3) is 0.600. The van der Waals surface area contributed by atoms with Gasteiger partial charge < -0.3 is 10.1 Å². The SMILES string of the molecule is CC(NC(=O)COC(=O)CN(C)S(=O)(=O)c1ccc(Cl)cc1)C1CC2CCC1C2. The van der Waals surface area contributed by atoms with Crippen molar-refractivity contribution in [3.8, 4) is 0 Å². The molecule has 9 heteroatoms. The van der Waals surface area contributed by atoms with Gasteiger partial charge in [-0.2, -0.15) is 4.31 Å². The zero-order chi connectivity index (χ0) is 21.2. The van der Waals surface area contributed by atoms with E-state index < -0.39 is 29.1 Å². The molecule has 1 aromatic rings. The van der Waals surface area contributed by atoms with Crippen molar-refractivity contribution < 1.29 is 22.7 Å². The second kappa shape index (κ2) is 9.02. The van der Waals surface area contributed by atoms with E-state index in [1.165, 1.54) is 50.6 Å². The van der Waals surface area contributed by atoms with E-state index in [1.54, 1.807) is 0 Å². The molecule has 0 heterocycles. The van der Waals surface area contributed by atoms with Gasteiger partial charge in [0.05, 0.1) is 4.90 Å². The fourth-order valence-electron chi connectivity index (χ4n) is 4.55. The van der Waals surface area contributed by atoms with Crippen molar-refractivity contribution in [3.05, 3.63) is 29.3 Å². The summed E-state index contributed by atoms with van der Waals surface area (Å²) in [6.45, 7) is 1.09. The molecule has 0 radical (unpaired) electrons. The first-order valence-electron chi connectivity index (χ1n) is 9.83. The van der Waals surface area contributed by atoms with Crippen LogP contribution in [0.1, 0.15) is 32.6 Å². The molecule has 4 atom stereocenters. The molecular weight excluding hydrogens is 416 g/mol. The van der Waals surface area contributed by atoms with Crippen LogP contribution in [0.3, 0.4) is 0 Å². The van der Waals surface area contributed by atoms with E-state index in [0.717, 1.165) is 16.6 Å². The lowest BCUT2D eigenvalue weighted by Gasteiger charge is -2.28. The fourth-order valence-corrected chi connectivity index (χ4v) is 5.80. The maximum Gasteiger partial charge on any atom is 0.321 e. The molecule has 0 aliphatic heterocycles. The van der Waals surface area contributed by atoms with Gasteiger partial charge in [0.15, 0.2) is 6.61 Å². The zero-order valence-electron chi connectivity index (χ0n) is 16.6. The number of fused-ring (bicyclic) bond motifs is 2. The first kappa shape index (κ1) is 22.1. The van der Waals surface area contributed by atoms with Gasteiger partial charge in [0, 0.05) is 18.1 Å². The van der Waals surface area contributed by atoms with E-state index in [-0.39, 0.29) is 16.8 Å². The number of likely N-dealkylation sites (N-methyl/N-ethyl adjacent to an activating group) is 1. The van der Waals surface area contributed by atoms with Gasteiger partial charge in [0.1, 0.15) is 6.54 Å². The third-order valence-electron chi connectivity index (χ3n) is 6.06. The molecule has 3 rings (SSSR count). The number of esters is 1. The number of halogens is 1. The van der Waals surface area contributed by atoms with Crippen molar-refractivity contribution in [2.24, 2.45) is 17.8 Å². The van der Waals surface area contributed by atoms with E-state index in [0.29, 0.717) is 16.9 Å². The van der Waals surface area contributed by atoms with Gasteiger partial charge in [0.2, 0.25) is 10.0 Å². The monoisotopic (exact) mass is 442 g/mol. The van der Waals surface area contributed by atoms with E-state index >= 15 is 0 Å². The number of ether oxygens (including phenoxy) is 1.